The molecule has 0 aromatic rings. The molecule has 1 fully saturated rings. The third-order valence-electron chi connectivity index (χ3n) is 2.52. The van der Waals surface area contributed by atoms with Crippen LogP contribution in [0.2, 0.25) is 0 Å². The van der Waals surface area contributed by atoms with Crippen molar-refractivity contribution in [3.05, 3.63) is 0 Å². The summed E-state index contributed by atoms with van der Waals surface area (Å²) in [6.45, 7) is 1.81. The first-order chi connectivity index (χ1) is 6.43. The summed E-state index contributed by atoms with van der Waals surface area (Å²) in [6, 6.07) is 0. The average Bonchev–Trinajstić information content (AvgIpc) is 2.41. The van der Waals surface area contributed by atoms with Crippen LogP contribution in [0.4, 0.5) is 0 Å². The first-order valence-corrected chi connectivity index (χ1v) is 5.44. The van der Waals surface area contributed by atoms with Gasteiger partial charge in [0, 0.05) is 26.0 Å². The normalized spacial score (nSPS) is 18.4. The van der Waals surface area contributed by atoms with Crippen LogP contribution >= 0.6 is 0 Å². The number of rotatable bonds is 4. The zero-order valence-electron chi connectivity index (χ0n) is 8.72. The summed E-state index contributed by atoms with van der Waals surface area (Å²) in [5.74, 6) is 0. The Morgan fingerprint density at radius 2 is 1.85 bits per heavy atom. The lowest BCUT2D eigenvalue weighted by Crippen LogP contribution is -1.99. The van der Waals surface area contributed by atoms with Gasteiger partial charge >= 0.3 is 0 Å². The van der Waals surface area contributed by atoms with E-state index in [-0.39, 0.29) is 0 Å². The van der Waals surface area contributed by atoms with Crippen molar-refractivity contribution in [3.8, 4) is 0 Å². The maximum atomic E-state index is 4.99. The predicted molar refractivity (Wildman–Crippen MR) is 56.5 cm³/mol. The molecule has 0 saturated heterocycles. The Morgan fingerprint density at radius 3 is 2.46 bits per heavy atom. The van der Waals surface area contributed by atoms with E-state index in [1.54, 1.807) is 7.11 Å². The molecule has 0 spiro atoms. The quantitative estimate of drug-likeness (QED) is 0.485. The third kappa shape index (κ3) is 5.04. The maximum absolute atomic E-state index is 4.99. The minimum absolute atomic E-state index is 0.844. The van der Waals surface area contributed by atoms with Gasteiger partial charge in [0.15, 0.2) is 0 Å². The Morgan fingerprint density at radius 1 is 1.15 bits per heavy atom. The van der Waals surface area contributed by atoms with Gasteiger partial charge in [0.2, 0.25) is 0 Å². The molecule has 1 aliphatic rings. The standard InChI is InChI=1S/C11H21NO/c1-13-10-6-9-12-11-7-4-2-3-5-8-11/h2-10H2,1H3. The summed E-state index contributed by atoms with van der Waals surface area (Å²) in [6.07, 6.45) is 9.06. The SMILES string of the molecule is COCCCN=C1CCCCCC1. The molecule has 0 bridgehead atoms. The number of nitrogens with zero attached hydrogens (tertiary/aromatic N) is 1. The van der Waals surface area contributed by atoms with E-state index in [0.29, 0.717) is 0 Å². The predicted octanol–water partition coefficient (Wildman–Crippen LogP) is 2.82. The van der Waals surface area contributed by atoms with Gasteiger partial charge in [-0.2, -0.15) is 0 Å². The largest absolute Gasteiger partial charge is 0.385 e. The van der Waals surface area contributed by atoms with E-state index in [0.717, 1.165) is 19.6 Å². The van der Waals surface area contributed by atoms with Crippen molar-refractivity contribution >= 4 is 5.71 Å². The van der Waals surface area contributed by atoms with E-state index in [1.807, 2.05) is 0 Å². The highest BCUT2D eigenvalue weighted by Crippen LogP contribution is 2.14. The molecular formula is C11H21NO. The van der Waals surface area contributed by atoms with Crippen molar-refractivity contribution in [2.45, 2.75) is 44.9 Å². The molecule has 1 rings (SSSR count). The summed E-state index contributed by atoms with van der Waals surface area (Å²) in [4.78, 5) is 4.62. The molecule has 0 amide bonds. The molecular weight excluding hydrogens is 162 g/mol. The Balaban J connectivity index is 2.15. The van der Waals surface area contributed by atoms with E-state index in [1.165, 1.54) is 44.2 Å². The van der Waals surface area contributed by atoms with E-state index in [9.17, 15) is 0 Å². The third-order valence-corrected chi connectivity index (χ3v) is 2.52. The van der Waals surface area contributed by atoms with E-state index >= 15 is 0 Å². The minimum atomic E-state index is 0.844. The van der Waals surface area contributed by atoms with Crippen LogP contribution in [-0.4, -0.2) is 26.0 Å². The highest BCUT2D eigenvalue weighted by Gasteiger charge is 2.04. The molecule has 1 aliphatic carbocycles. The topological polar surface area (TPSA) is 21.6 Å². The molecule has 0 aromatic heterocycles. The van der Waals surface area contributed by atoms with Crippen LogP contribution in [0.5, 0.6) is 0 Å². The van der Waals surface area contributed by atoms with Gasteiger partial charge < -0.3 is 4.74 Å². The van der Waals surface area contributed by atoms with Gasteiger partial charge in [-0.25, -0.2) is 0 Å². The molecule has 0 N–H and O–H groups in total. The van der Waals surface area contributed by atoms with E-state index < -0.39 is 0 Å². The Bertz CT molecular complexity index is 144. The first kappa shape index (κ1) is 10.7. The molecule has 2 heteroatoms. The average molecular weight is 183 g/mol. The van der Waals surface area contributed by atoms with Crippen molar-refractivity contribution in [2.24, 2.45) is 4.99 Å². The monoisotopic (exact) mass is 183 g/mol. The van der Waals surface area contributed by atoms with E-state index in [2.05, 4.69) is 4.99 Å². The molecule has 1 saturated carbocycles. The second kappa shape index (κ2) is 7.07. The highest BCUT2D eigenvalue weighted by atomic mass is 16.5. The molecule has 13 heavy (non-hydrogen) atoms. The van der Waals surface area contributed by atoms with Gasteiger partial charge in [0.25, 0.3) is 0 Å². The fourth-order valence-electron chi connectivity index (χ4n) is 1.74. The van der Waals surface area contributed by atoms with Crippen molar-refractivity contribution in [1.29, 1.82) is 0 Å². The Kier molecular flexibility index (Phi) is 5.83. The van der Waals surface area contributed by atoms with Gasteiger partial charge in [-0.15, -0.1) is 0 Å². The second-order valence-electron chi connectivity index (χ2n) is 3.71. The molecule has 0 aliphatic heterocycles. The molecule has 0 radical (unpaired) electrons. The van der Waals surface area contributed by atoms with Crippen molar-refractivity contribution in [2.75, 3.05) is 20.3 Å². The van der Waals surface area contributed by atoms with Crippen LogP contribution in [0.25, 0.3) is 0 Å². The fourth-order valence-corrected chi connectivity index (χ4v) is 1.74. The molecule has 0 unspecified atom stereocenters. The molecule has 0 atom stereocenters. The van der Waals surface area contributed by atoms with Gasteiger partial charge in [-0.1, -0.05) is 12.8 Å². The summed E-state index contributed by atoms with van der Waals surface area (Å²) in [7, 11) is 1.75. The van der Waals surface area contributed by atoms with Crippen LogP contribution in [0.3, 0.4) is 0 Å². The van der Waals surface area contributed by atoms with Crippen LogP contribution in [-0.2, 0) is 4.74 Å². The second-order valence-corrected chi connectivity index (χ2v) is 3.71. The smallest absolute Gasteiger partial charge is 0.0479 e. The lowest BCUT2D eigenvalue weighted by Gasteiger charge is -2.01. The zero-order valence-corrected chi connectivity index (χ0v) is 8.72. The van der Waals surface area contributed by atoms with Crippen molar-refractivity contribution in [1.82, 2.24) is 0 Å². The molecule has 0 heterocycles. The summed E-state index contributed by atoms with van der Waals surface area (Å²) < 4.78 is 4.99. The van der Waals surface area contributed by atoms with Gasteiger partial charge in [0.05, 0.1) is 0 Å². The summed E-state index contributed by atoms with van der Waals surface area (Å²) >= 11 is 0. The molecule has 0 aromatic carbocycles. The van der Waals surface area contributed by atoms with Crippen molar-refractivity contribution < 1.29 is 4.74 Å². The lowest BCUT2D eigenvalue weighted by atomic mass is 10.2. The number of hydrogen-bond acceptors (Lipinski definition) is 2. The van der Waals surface area contributed by atoms with Crippen LogP contribution in [0.1, 0.15) is 44.9 Å². The Labute approximate surface area is 81.4 Å². The van der Waals surface area contributed by atoms with Gasteiger partial charge in [-0.3, -0.25) is 4.99 Å². The number of hydrogen-bond donors (Lipinski definition) is 0. The summed E-state index contributed by atoms with van der Waals surface area (Å²) in [5, 5.41) is 0. The Hall–Kier alpha value is -0.370. The fraction of sp³-hybridized carbons (Fsp3) is 0.909. The minimum Gasteiger partial charge on any atom is -0.385 e. The number of ether oxygens (including phenoxy) is 1. The first-order valence-electron chi connectivity index (χ1n) is 5.44. The zero-order chi connectivity index (χ0) is 9.36. The molecule has 2 nitrogen and oxygen atoms in total. The number of methoxy groups -OCH3 is 1. The van der Waals surface area contributed by atoms with Crippen LogP contribution < -0.4 is 0 Å². The molecule has 76 valence electrons. The highest BCUT2D eigenvalue weighted by molar-refractivity contribution is 5.84. The van der Waals surface area contributed by atoms with Crippen molar-refractivity contribution in [3.63, 3.8) is 0 Å². The van der Waals surface area contributed by atoms with E-state index in [4.69, 9.17) is 4.74 Å². The lowest BCUT2D eigenvalue weighted by molar-refractivity contribution is 0.197. The maximum Gasteiger partial charge on any atom is 0.0479 e. The van der Waals surface area contributed by atoms with Gasteiger partial charge in [-0.05, 0) is 32.1 Å². The van der Waals surface area contributed by atoms with Crippen LogP contribution in [0.15, 0.2) is 4.99 Å². The van der Waals surface area contributed by atoms with Crippen LogP contribution in [0, 0.1) is 0 Å². The number of aliphatic imine (C=N–C) groups is 1. The summed E-state index contributed by atoms with van der Waals surface area (Å²) in [5.41, 5.74) is 1.45. The van der Waals surface area contributed by atoms with Gasteiger partial charge in [0.1, 0.15) is 0 Å².